The second kappa shape index (κ2) is 7.55. The van der Waals surface area contributed by atoms with Crippen LogP contribution in [0, 0.1) is 58.7 Å². The molecule has 0 aromatic heterocycles. The minimum Gasteiger partial charge on any atom is -0.481 e. The minimum atomic E-state index is -0.723. The minimum absolute atomic E-state index is 0.0331. The summed E-state index contributed by atoms with van der Waals surface area (Å²) in [5.41, 5.74) is 1.89. The van der Waals surface area contributed by atoms with Crippen LogP contribution in [-0.4, -0.2) is 22.9 Å². The van der Waals surface area contributed by atoms with Gasteiger partial charge in [-0.1, -0.05) is 56.5 Å². The van der Waals surface area contributed by atoms with Gasteiger partial charge in [0, 0.05) is 5.41 Å². The fourth-order valence-corrected chi connectivity index (χ4v) is 9.91. The Morgan fingerprint density at radius 3 is 2.36 bits per heavy atom. The normalized spacial score (nSPS) is 43.2. The van der Waals surface area contributed by atoms with Crippen molar-refractivity contribution >= 4 is 23.5 Å². The molecular weight excluding hydrogens is 450 g/mol. The maximum Gasteiger partial charge on any atom is 0.309 e. The van der Waals surface area contributed by atoms with Gasteiger partial charge in [-0.05, 0) is 87.2 Å². The molecule has 1 spiro atoms. The summed E-state index contributed by atoms with van der Waals surface area (Å²) in [6.07, 6.45) is 7.58. The summed E-state index contributed by atoms with van der Waals surface area (Å²) in [7, 11) is 0. The topological polar surface area (TPSA) is 74.7 Å². The molecule has 36 heavy (non-hydrogen) atoms. The number of nitrogens with zero attached hydrogens (tertiary/aromatic N) is 1. The molecule has 2 amide bonds. The maximum absolute atomic E-state index is 14.2. The second-order valence-electron chi connectivity index (χ2n) is 13.3. The Bertz CT molecular complexity index is 1180. The highest BCUT2D eigenvalue weighted by Crippen LogP contribution is 2.74. The molecule has 192 valence electrons. The third-order valence-corrected chi connectivity index (χ3v) is 11.5. The van der Waals surface area contributed by atoms with Gasteiger partial charge in [0.2, 0.25) is 11.8 Å². The lowest BCUT2D eigenvalue weighted by Gasteiger charge is -2.68. The molecule has 8 atom stereocenters. The van der Waals surface area contributed by atoms with E-state index in [0.717, 1.165) is 44.1 Å². The van der Waals surface area contributed by atoms with Gasteiger partial charge in [0.1, 0.15) is 0 Å². The van der Waals surface area contributed by atoms with E-state index in [0.29, 0.717) is 11.6 Å². The Hall–Kier alpha value is -2.43. The van der Waals surface area contributed by atoms with E-state index < -0.39 is 11.4 Å². The molecule has 1 aromatic carbocycles. The number of aryl methyl sites for hydroxylation is 1. The first-order valence-electron chi connectivity index (χ1n) is 13.9. The van der Waals surface area contributed by atoms with Crippen molar-refractivity contribution in [1.29, 1.82) is 0 Å². The number of anilines is 1. The van der Waals surface area contributed by atoms with E-state index in [1.54, 1.807) is 0 Å². The zero-order valence-electron chi connectivity index (χ0n) is 22.2. The number of hydrogen-bond donors (Lipinski definition) is 1. The number of carbonyl (C=O) groups excluding carboxylic acids is 2. The molecule has 5 nitrogen and oxygen atoms in total. The van der Waals surface area contributed by atoms with Crippen molar-refractivity contribution in [3.63, 3.8) is 0 Å². The standard InChI is InChI=1S/C31H39NO4/c1-17(2)21-16-31-14-11-22-29(4,12-6-13-30(22,5)28(35)36)23(31)15-20(21)24-25(31)27(34)32(26(24)33)19-9-7-18(3)8-10-19/h7-10,16-17,20,22-25H,6,11-15H2,1-5H3,(H,35,36)/t20-,22-,23+,24+,25-,29-,30+,31-/m0/s1. The number of benzene rings is 1. The molecule has 5 aliphatic carbocycles. The van der Waals surface area contributed by atoms with E-state index in [9.17, 15) is 19.5 Å². The van der Waals surface area contributed by atoms with Crippen LogP contribution in [0.5, 0.6) is 0 Å². The number of carbonyl (C=O) groups is 3. The molecular formula is C31H39NO4. The van der Waals surface area contributed by atoms with Gasteiger partial charge in [0.05, 0.1) is 22.9 Å². The van der Waals surface area contributed by atoms with Crippen molar-refractivity contribution in [3.8, 4) is 0 Å². The van der Waals surface area contributed by atoms with Crippen molar-refractivity contribution in [1.82, 2.24) is 0 Å². The molecule has 4 fully saturated rings. The van der Waals surface area contributed by atoms with Gasteiger partial charge in [-0.15, -0.1) is 0 Å². The highest BCUT2D eigenvalue weighted by atomic mass is 16.4. The molecule has 3 saturated carbocycles. The lowest BCUT2D eigenvalue weighted by molar-refractivity contribution is -0.194. The average molecular weight is 490 g/mol. The predicted octanol–water partition coefficient (Wildman–Crippen LogP) is 6.01. The third-order valence-electron chi connectivity index (χ3n) is 11.5. The maximum atomic E-state index is 14.2. The number of rotatable bonds is 3. The number of aliphatic carboxylic acids is 1. The zero-order valence-corrected chi connectivity index (χ0v) is 22.2. The van der Waals surface area contributed by atoms with E-state index in [-0.39, 0.29) is 52.2 Å². The fourth-order valence-electron chi connectivity index (χ4n) is 9.91. The Balaban J connectivity index is 1.49. The van der Waals surface area contributed by atoms with Crippen LogP contribution >= 0.6 is 0 Å². The molecule has 6 aliphatic rings. The molecule has 0 unspecified atom stereocenters. The molecule has 1 heterocycles. The monoisotopic (exact) mass is 489 g/mol. The van der Waals surface area contributed by atoms with Gasteiger partial charge in [0.15, 0.2) is 0 Å². The Kier molecular flexibility index (Phi) is 5.02. The van der Waals surface area contributed by atoms with Crippen LogP contribution in [0.1, 0.15) is 71.8 Å². The highest BCUT2D eigenvalue weighted by Gasteiger charge is 2.73. The molecule has 1 saturated heterocycles. The molecule has 0 radical (unpaired) electrons. The summed E-state index contributed by atoms with van der Waals surface area (Å²) >= 11 is 0. The second-order valence-corrected chi connectivity index (χ2v) is 13.3. The van der Waals surface area contributed by atoms with E-state index in [2.05, 4.69) is 26.8 Å². The van der Waals surface area contributed by atoms with Crippen molar-refractivity contribution < 1.29 is 19.5 Å². The number of carboxylic acids is 1. The van der Waals surface area contributed by atoms with E-state index in [4.69, 9.17) is 0 Å². The average Bonchev–Trinajstić information content (AvgIpc) is 3.11. The van der Waals surface area contributed by atoms with Gasteiger partial charge in [-0.3, -0.25) is 19.3 Å². The van der Waals surface area contributed by atoms with Crippen LogP contribution in [0.25, 0.3) is 0 Å². The number of carboxylic acid groups (broad SMARTS) is 1. The molecule has 2 bridgehead atoms. The summed E-state index contributed by atoms with van der Waals surface area (Å²) < 4.78 is 0. The number of amides is 2. The van der Waals surface area contributed by atoms with Crippen LogP contribution < -0.4 is 4.90 Å². The molecule has 1 aromatic rings. The first kappa shape index (κ1) is 23.9. The number of fused-ring (bicyclic) bond motifs is 1. The third kappa shape index (κ3) is 2.80. The van der Waals surface area contributed by atoms with Crippen molar-refractivity contribution in [2.45, 2.75) is 73.1 Å². The zero-order chi connectivity index (χ0) is 25.8. The van der Waals surface area contributed by atoms with Crippen LogP contribution in [-0.2, 0) is 14.4 Å². The summed E-state index contributed by atoms with van der Waals surface area (Å²) in [5.74, 6) is -0.679. The number of hydrogen-bond acceptors (Lipinski definition) is 3. The lowest BCUT2D eigenvalue weighted by Crippen LogP contribution is -2.65. The molecule has 5 heteroatoms. The van der Waals surface area contributed by atoms with Crippen LogP contribution in [0.4, 0.5) is 5.69 Å². The highest BCUT2D eigenvalue weighted by molar-refractivity contribution is 6.23. The van der Waals surface area contributed by atoms with Crippen molar-refractivity contribution in [2.75, 3.05) is 4.90 Å². The molecule has 7 rings (SSSR count). The lowest BCUT2D eigenvalue weighted by atomic mass is 9.34. The summed E-state index contributed by atoms with van der Waals surface area (Å²) in [5, 5.41) is 10.3. The van der Waals surface area contributed by atoms with Gasteiger partial charge < -0.3 is 5.11 Å². The van der Waals surface area contributed by atoms with Gasteiger partial charge in [0.25, 0.3) is 0 Å². The SMILES string of the molecule is Cc1ccc(N2C(=O)[C@H]3[C@@H](C2=O)[C@@]24C=C(C(C)C)[C@@H]3C[C@@H]2[C@@]2(C)CCC[C@@](C)(C(=O)O)[C@H]2CC4)cc1. The molecule has 1 N–H and O–H groups in total. The summed E-state index contributed by atoms with van der Waals surface area (Å²) in [6.45, 7) is 10.7. The smallest absolute Gasteiger partial charge is 0.309 e. The molecule has 1 aliphatic heterocycles. The van der Waals surface area contributed by atoms with E-state index in [1.165, 1.54) is 10.5 Å². The van der Waals surface area contributed by atoms with E-state index in [1.807, 2.05) is 38.1 Å². The van der Waals surface area contributed by atoms with Crippen LogP contribution in [0.15, 0.2) is 35.9 Å². The van der Waals surface area contributed by atoms with Crippen molar-refractivity contribution in [2.24, 2.45) is 51.8 Å². The summed E-state index contributed by atoms with van der Waals surface area (Å²) in [4.78, 5) is 42.3. The fraction of sp³-hybridized carbons (Fsp3) is 0.645. The summed E-state index contributed by atoms with van der Waals surface area (Å²) in [6, 6.07) is 7.72. The van der Waals surface area contributed by atoms with Crippen LogP contribution in [0.3, 0.4) is 0 Å². The first-order chi connectivity index (χ1) is 17.0. The van der Waals surface area contributed by atoms with Gasteiger partial charge in [-0.25, -0.2) is 0 Å². The van der Waals surface area contributed by atoms with E-state index >= 15 is 0 Å². The number of imide groups is 1. The number of allylic oxidation sites excluding steroid dienone is 2. The largest absolute Gasteiger partial charge is 0.481 e. The van der Waals surface area contributed by atoms with Crippen molar-refractivity contribution in [3.05, 3.63) is 41.5 Å². The van der Waals surface area contributed by atoms with Gasteiger partial charge >= 0.3 is 5.97 Å². The first-order valence-corrected chi connectivity index (χ1v) is 13.9. The Morgan fingerprint density at radius 1 is 1.03 bits per heavy atom. The predicted molar refractivity (Wildman–Crippen MR) is 138 cm³/mol. The Morgan fingerprint density at radius 2 is 1.72 bits per heavy atom. The van der Waals surface area contributed by atoms with Crippen LogP contribution in [0.2, 0.25) is 0 Å². The Labute approximate surface area is 214 Å². The van der Waals surface area contributed by atoms with Gasteiger partial charge in [-0.2, -0.15) is 0 Å². The quantitative estimate of drug-likeness (QED) is 0.417.